The van der Waals surface area contributed by atoms with Crippen LogP contribution in [0.15, 0.2) is 59.5 Å². The van der Waals surface area contributed by atoms with Gasteiger partial charge in [0.15, 0.2) is 0 Å². The van der Waals surface area contributed by atoms with Crippen molar-refractivity contribution in [3.63, 3.8) is 0 Å². The van der Waals surface area contributed by atoms with Crippen LogP contribution >= 0.6 is 0 Å². The van der Waals surface area contributed by atoms with Crippen molar-refractivity contribution in [3.8, 4) is 0 Å². The summed E-state index contributed by atoms with van der Waals surface area (Å²) in [5.41, 5.74) is 0.516. The number of anilines is 1. The number of nitrogens with zero attached hydrogens (tertiary/aromatic N) is 2. The minimum Gasteiger partial charge on any atom is -0.303 e. The summed E-state index contributed by atoms with van der Waals surface area (Å²) < 4.78 is 41.7. The van der Waals surface area contributed by atoms with Crippen LogP contribution in [0, 0.1) is 11.7 Å². The maximum Gasteiger partial charge on any atom is 0.264 e. The van der Waals surface area contributed by atoms with E-state index in [4.69, 9.17) is 0 Å². The lowest BCUT2D eigenvalue weighted by Gasteiger charge is -2.39. The zero-order valence-corrected chi connectivity index (χ0v) is 16.7. The van der Waals surface area contributed by atoms with Crippen LogP contribution < -0.4 is 4.31 Å². The molecule has 1 aliphatic heterocycles. The van der Waals surface area contributed by atoms with Crippen LogP contribution in [-0.4, -0.2) is 39.0 Å². The van der Waals surface area contributed by atoms with Crippen LogP contribution in [-0.2, 0) is 10.0 Å². The molecule has 1 fully saturated rings. The Hall–Kier alpha value is -1.92. The number of likely N-dealkylation sites (tertiary alicyclic amines) is 1. The zero-order valence-electron chi connectivity index (χ0n) is 15.9. The van der Waals surface area contributed by atoms with Gasteiger partial charge in [-0.15, -0.1) is 0 Å². The first-order valence-electron chi connectivity index (χ1n) is 9.45. The fourth-order valence-corrected chi connectivity index (χ4v) is 5.42. The number of benzene rings is 2. The average molecular weight is 391 g/mol. The molecule has 27 heavy (non-hydrogen) atoms. The van der Waals surface area contributed by atoms with Gasteiger partial charge >= 0.3 is 0 Å². The van der Waals surface area contributed by atoms with Crippen molar-refractivity contribution in [1.82, 2.24) is 4.90 Å². The van der Waals surface area contributed by atoms with Gasteiger partial charge in [0.25, 0.3) is 10.0 Å². The predicted molar refractivity (Wildman–Crippen MR) is 107 cm³/mol. The summed E-state index contributed by atoms with van der Waals surface area (Å²) in [5.74, 6) is 0.213. The van der Waals surface area contributed by atoms with Crippen LogP contribution in [0.25, 0.3) is 0 Å². The highest BCUT2D eigenvalue weighted by atomic mass is 32.2. The molecule has 2 aromatic carbocycles. The van der Waals surface area contributed by atoms with E-state index in [1.165, 1.54) is 16.4 Å². The lowest BCUT2D eigenvalue weighted by molar-refractivity contribution is 0.194. The number of halogens is 1. The van der Waals surface area contributed by atoms with Gasteiger partial charge in [-0.25, -0.2) is 12.8 Å². The van der Waals surface area contributed by atoms with E-state index in [0.717, 1.165) is 32.5 Å². The summed E-state index contributed by atoms with van der Waals surface area (Å²) in [6.45, 7) is 7.14. The van der Waals surface area contributed by atoms with Gasteiger partial charge in [0.2, 0.25) is 0 Å². The van der Waals surface area contributed by atoms with Crippen molar-refractivity contribution in [3.05, 3.63) is 60.4 Å². The quantitative estimate of drug-likeness (QED) is 0.744. The van der Waals surface area contributed by atoms with Gasteiger partial charge in [0, 0.05) is 25.7 Å². The highest BCUT2D eigenvalue weighted by Gasteiger charge is 2.34. The van der Waals surface area contributed by atoms with E-state index in [0.29, 0.717) is 11.6 Å². The molecule has 146 valence electrons. The third-order valence-corrected chi connectivity index (χ3v) is 6.79. The highest BCUT2D eigenvalue weighted by molar-refractivity contribution is 7.92. The van der Waals surface area contributed by atoms with E-state index in [1.807, 2.05) is 0 Å². The van der Waals surface area contributed by atoms with Crippen molar-refractivity contribution in [2.24, 2.45) is 5.92 Å². The molecule has 0 atom stereocenters. The van der Waals surface area contributed by atoms with Crippen molar-refractivity contribution in [2.45, 2.75) is 37.6 Å². The topological polar surface area (TPSA) is 40.6 Å². The standard InChI is InChI=1S/C21H27FN2O2S/c1-17(2)16-23-14-12-20(13-15-23)24(19-10-8-18(22)9-11-19)27(25,26)21-6-4-3-5-7-21/h3-11,17,20H,12-16H2,1-2H3. The molecule has 0 aliphatic carbocycles. The Bertz CT molecular complexity index is 830. The van der Waals surface area contributed by atoms with Gasteiger partial charge < -0.3 is 4.90 Å². The number of hydrogen-bond donors (Lipinski definition) is 0. The molecular formula is C21H27FN2O2S. The molecule has 1 aliphatic rings. The highest BCUT2D eigenvalue weighted by Crippen LogP contribution is 2.30. The van der Waals surface area contributed by atoms with Crippen LogP contribution in [0.4, 0.5) is 10.1 Å². The molecule has 0 unspecified atom stereocenters. The first-order valence-corrected chi connectivity index (χ1v) is 10.9. The molecule has 0 aromatic heterocycles. The summed E-state index contributed by atoms with van der Waals surface area (Å²) in [5, 5.41) is 0. The zero-order chi connectivity index (χ0) is 19.4. The smallest absolute Gasteiger partial charge is 0.264 e. The second-order valence-electron chi connectivity index (χ2n) is 7.52. The number of hydrogen-bond acceptors (Lipinski definition) is 3. The average Bonchev–Trinajstić information content (AvgIpc) is 2.65. The van der Waals surface area contributed by atoms with Gasteiger partial charge in [0.1, 0.15) is 5.82 Å². The van der Waals surface area contributed by atoms with Crippen molar-refractivity contribution < 1.29 is 12.8 Å². The molecule has 0 radical (unpaired) electrons. The first-order chi connectivity index (χ1) is 12.9. The van der Waals surface area contributed by atoms with E-state index >= 15 is 0 Å². The summed E-state index contributed by atoms with van der Waals surface area (Å²) in [4.78, 5) is 2.65. The first kappa shape index (κ1) is 19.8. The van der Waals surface area contributed by atoms with Gasteiger partial charge in [-0.2, -0.15) is 0 Å². The van der Waals surface area contributed by atoms with E-state index < -0.39 is 10.0 Å². The van der Waals surface area contributed by atoms with E-state index in [2.05, 4.69) is 18.7 Å². The molecule has 0 bridgehead atoms. The molecule has 0 saturated carbocycles. The molecular weight excluding hydrogens is 363 g/mol. The molecule has 0 amide bonds. The Kier molecular flexibility index (Phi) is 6.17. The minimum absolute atomic E-state index is 0.135. The lowest BCUT2D eigenvalue weighted by atomic mass is 10.0. The number of piperidine rings is 1. The lowest BCUT2D eigenvalue weighted by Crippen LogP contribution is -2.48. The SMILES string of the molecule is CC(C)CN1CCC(N(c2ccc(F)cc2)S(=O)(=O)c2ccccc2)CC1. The fraction of sp³-hybridized carbons (Fsp3) is 0.429. The summed E-state index contributed by atoms with van der Waals surface area (Å²) in [6, 6.07) is 14.1. The van der Waals surface area contributed by atoms with Crippen LogP contribution in [0.1, 0.15) is 26.7 Å². The van der Waals surface area contributed by atoms with Crippen LogP contribution in [0.5, 0.6) is 0 Å². The number of rotatable bonds is 6. The van der Waals surface area contributed by atoms with Crippen molar-refractivity contribution >= 4 is 15.7 Å². The summed E-state index contributed by atoms with van der Waals surface area (Å²) in [7, 11) is -3.71. The molecule has 2 aromatic rings. The third-order valence-electron chi connectivity index (χ3n) is 4.89. The normalized spacial score (nSPS) is 16.6. The second-order valence-corrected chi connectivity index (χ2v) is 9.33. The van der Waals surface area contributed by atoms with Gasteiger partial charge in [-0.1, -0.05) is 32.0 Å². The Morgan fingerprint density at radius 3 is 2.19 bits per heavy atom. The summed E-state index contributed by atoms with van der Waals surface area (Å²) >= 11 is 0. The number of sulfonamides is 1. The molecule has 1 saturated heterocycles. The van der Waals surface area contributed by atoms with Gasteiger partial charge in [-0.05, 0) is 55.2 Å². The largest absolute Gasteiger partial charge is 0.303 e. The Morgan fingerprint density at radius 2 is 1.63 bits per heavy atom. The van der Waals surface area contributed by atoms with Crippen molar-refractivity contribution in [2.75, 3.05) is 23.9 Å². The van der Waals surface area contributed by atoms with Gasteiger partial charge in [-0.3, -0.25) is 4.31 Å². The maximum atomic E-state index is 13.4. The van der Waals surface area contributed by atoms with Crippen LogP contribution in [0.2, 0.25) is 0 Å². The molecule has 6 heteroatoms. The Labute approximate surface area is 161 Å². The van der Waals surface area contributed by atoms with Crippen LogP contribution in [0.3, 0.4) is 0 Å². The molecule has 0 spiro atoms. The van der Waals surface area contributed by atoms with E-state index in [-0.39, 0.29) is 16.8 Å². The molecule has 3 rings (SSSR count). The third kappa shape index (κ3) is 4.68. The molecule has 0 N–H and O–H groups in total. The molecule has 4 nitrogen and oxygen atoms in total. The van der Waals surface area contributed by atoms with E-state index in [1.54, 1.807) is 42.5 Å². The minimum atomic E-state index is -3.71. The molecule has 1 heterocycles. The Morgan fingerprint density at radius 1 is 1.04 bits per heavy atom. The fourth-order valence-electron chi connectivity index (χ4n) is 3.69. The Balaban J connectivity index is 1.91. The maximum absolute atomic E-state index is 13.4. The predicted octanol–water partition coefficient (Wildman–Crippen LogP) is 4.14. The summed E-state index contributed by atoms with van der Waals surface area (Å²) in [6.07, 6.45) is 1.52. The van der Waals surface area contributed by atoms with Crippen molar-refractivity contribution in [1.29, 1.82) is 0 Å². The second kappa shape index (κ2) is 8.40. The van der Waals surface area contributed by atoms with E-state index in [9.17, 15) is 12.8 Å². The monoisotopic (exact) mass is 390 g/mol. The van der Waals surface area contributed by atoms with Gasteiger partial charge in [0.05, 0.1) is 10.6 Å².